The number of fused-ring (bicyclic) bond motifs is 1. The molecule has 19 heavy (non-hydrogen) atoms. The molecule has 2 rings (SSSR count). The van der Waals surface area contributed by atoms with Gasteiger partial charge in [-0.15, -0.1) is 0 Å². The van der Waals surface area contributed by atoms with Crippen molar-refractivity contribution in [2.24, 2.45) is 0 Å². The van der Waals surface area contributed by atoms with Crippen LogP contribution in [0.1, 0.15) is 26.0 Å². The van der Waals surface area contributed by atoms with Gasteiger partial charge in [0.15, 0.2) is 0 Å². The molecule has 1 N–H and O–H groups in total. The molecule has 102 valence electrons. The molecule has 0 spiro atoms. The van der Waals surface area contributed by atoms with Crippen LogP contribution in [0, 0.1) is 6.92 Å². The van der Waals surface area contributed by atoms with Gasteiger partial charge < -0.3 is 9.84 Å². The number of hydrogen-bond donors (Lipinski definition) is 1. The Kier molecular flexibility index (Phi) is 3.64. The van der Waals surface area contributed by atoms with E-state index in [9.17, 15) is 9.59 Å². The number of hydrogen-bond acceptors (Lipinski definition) is 5. The number of carbonyl (C=O) groups excluding carboxylic acids is 1. The van der Waals surface area contributed by atoms with Gasteiger partial charge in [-0.2, -0.15) is 0 Å². The Balaban J connectivity index is 2.26. The van der Waals surface area contributed by atoms with Crippen LogP contribution in [0.5, 0.6) is 0 Å². The van der Waals surface area contributed by atoms with Crippen LogP contribution < -0.4 is 10.9 Å². The van der Waals surface area contributed by atoms with Crippen LogP contribution in [0.4, 0.5) is 0 Å². The van der Waals surface area contributed by atoms with Gasteiger partial charge in [0.1, 0.15) is 18.3 Å². The fourth-order valence-electron chi connectivity index (χ4n) is 1.70. The van der Waals surface area contributed by atoms with Crippen molar-refractivity contribution in [2.75, 3.05) is 0 Å². The van der Waals surface area contributed by atoms with Crippen LogP contribution in [-0.2, 0) is 11.3 Å². The second-order valence-corrected chi connectivity index (χ2v) is 4.50. The van der Waals surface area contributed by atoms with E-state index in [4.69, 9.17) is 4.52 Å². The number of nitrogens with zero attached hydrogens (tertiary/aromatic N) is 3. The normalized spacial score (nSPS) is 12.6. The topological polar surface area (TPSA) is 90.0 Å². The lowest BCUT2D eigenvalue weighted by Gasteiger charge is -2.11. The first-order chi connectivity index (χ1) is 9.02. The van der Waals surface area contributed by atoms with Crippen molar-refractivity contribution < 1.29 is 9.32 Å². The lowest BCUT2D eigenvalue weighted by atomic mass is 10.2. The molecule has 7 nitrogen and oxygen atoms in total. The molecule has 2 heterocycles. The van der Waals surface area contributed by atoms with Crippen LogP contribution in [0.3, 0.4) is 0 Å². The maximum atomic E-state index is 12.1. The summed E-state index contributed by atoms with van der Waals surface area (Å²) in [5.41, 5.74) is 0.355. The van der Waals surface area contributed by atoms with Crippen LogP contribution >= 0.6 is 0 Å². The van der Waals surface area contributed by atoms with Crippen molar-refractivity contribution in [3.8, 4) is 0 Å². The molecule has 0 saturated heterocycles. The Hall–Kier alpha value is -2.18. The third-order valence-electron chi connectivity index (χ3n) is 2.97. The molecular weight excluding hydrogens is 248 g/mol. The quantitative estimate of drug-likeness (QED) is 0.873. The summed E-state index contributed by atoms with van der Waals surface area (Å²) >= 11 is 0. The third-order valence-corrected chi connectivity index (χ3v) is 2.97. The van der Waals surface area contributed by atoms with Crippen molar-refractivity contribution in [3.05, 3.63) is 22.4 Å². The highest BCUT2D eigenvalue weighted by Crippen LogP contribution is 2.09. The predicted octanol–water partition coefficient (Wildman–Crippen LogP) is 0.608. The maximum Gasteiger partial charge on any atom is 0.267 e. The van der Waals surface area contributed by atoms with E-state index in [1.54, 1.807) is 6.92 Å². The Labute approximate surface area is 109 Å². The highest BCUT2D eigenvalue weighted by molar-refractivity contribution is 5.77. The zero-order valence-corrected chi connectivity index (χ0v) is 11.1. The fraction of sp³-hybridized carbons (Fsp3) is 0.500. The molecule has 0 bridgehead atoms. The molecule has 0 saturated carbocycles. The van der Waals surface area contributed by atoms with Gasteiger partial charge in [0.25, 0.3) is 11.3 Å². The first-order valence-corrected chi connectivity index (χ1v) is 6.13. The van der Waals surface area contributed by atoms with E-state index < -0.39 is 0 Å². The molecule has 1 amide bonds. The minimum atomic E-state index is -0.317. The Morgan fingerprint density at radius 2 is 2.32 bits per heavy atom. The van der Waals surface area contributed by atoms with Gasteiger partial charge in [-0.05, 0) is 20.3 Å². The first kappa shape index (κ1) is 13.3. The molecule has 0 aliphatic carbocycles. The van der Waals surface area contributed by atoms with Gasteiger partial charge in [-0.1, -0.05) is 12.1 Å². The van der Waals surface area contributed by atoms with E-state index >= 15 is 0 Å². The summed E-state index contributed by atoms with van der Waals surface area (Å²) < 4.78 is 6.15. The van der Waals surface area contributed by atoms with E-state index in [2.05, 4.69) is 15.5 Å². The minimum Gasteiger partial charge on any atom is -0.352 e. The molecule has 0 aromatic carbocycles. The molecule has 0 fully saturated rings. The summed E-state index contributed by atoms with van der Waals surface area (Å²) in [5.74, 6) is -0.216. The number of carbonyl (C=O) groups is 1. The standard InChI is InChI=1S/C12H16N4O3/c1-4-7(2)14-9(17)5-16-6-13-11-10(12(16)18)8(3)15-19-11/h6-7H,4-5H2,1-3H3,(H,14,17)/t7-/m0/s1. The van der Waals surface area contributed by atoms with Crippen molar-refractivity contribution in [3.63, 3.8) is 0 Å². The van der Waals surface area contributed by atoms with Gasteiger partial charge in [-0.3, -0.25) is 14.2 Å². The summed E-state index contributed by atoms with van der Waals surface area (Å²) in [7, 11) is 0. The smallest absolute Gasteiger partial charge is 0.267 e. The highest BCUT2D eigenvalue weighted by atomic mass is 16.5. The highest BCUT2D eigenvalue weighted by Gasteiger charge is 2.14. The number of amides is 1. The van der Waals surface area contributed by atoms with Crippen molar-refractivity contribution in [1.82, 2.24) is 20.0 Å². The lowest BCUT2D eigenvalue weighted by Crippen LogP contribution is -2.37. The maximum absolute atomic E-state index is 12.1. The van der Waals surface area contributed by atoms with Crippen molar-refractivity contribution >= 4 is 17.0 Å². The molecular formula is C12H16N4O3. The zero-order valence-electron chi connectivity index (χ0n) is 11.1. The van der Waals surface area contributed by atoms with E-state index in [0.29, 0.717) is 11.1 Å². The largest absolute Gasteiger partial charge is 0.352 e. The van der Waals surface area contributed by atoms with Crippen LogP contribution in [-0.4, -0.2) is 26.7 Å². The molecule has 0 unspecified atom stereocenters. The molecule has 2 aromatic heterocycles. The summed E-state index contributed by atoms with van der Waals surface area (Å²) in [4.78, 5) is 27.9. The Morgan fingerprint density at radius 1 is 1.58 bits per heavy atom. The van der Waals surface area contributed by atoms with E-state index in [1.165, 1.54) is 10.9 Å². The molecule has 1 atom stereocenters. The summed E-state index contributed by atoms with van der Waals surface area (Å²) in [6.07, 6.45) is 2.13. The molecule has 2 aromatic rings. The van der Waals surface area contributed by atoms with E-state index in [1.807, 2.05) is 13.8 Å². The zero-order chi connectivity index (χ0) is 14.0. The van der Waals surface area contributed by atoms with Gasteiger partial charge >= 0.3 is 0 Å². The minimum absolute atomic E-state index is 0.0588. The molecule has 0 aliphatic heterocycles. The van der Waals surface area contributed by atoms with Gasteiger partial charge in [0, 0.05) is 6.04 Å². The van der Waals surface area contributed by atoms with E-state index in [0.717, 1.165) is 6.42 Å². The van der Waals surface area contributed by atoms with Crippen LogP contribution in [0.15, 0.2) is 15.6 Å². The van der Waals surface area contributed by atoms with E-state index in [-0.39, 0.29) is 29.8 Å². The second-order valence-electron chi connectivity index (χ2n) is 4.50. The van der Waals surface area contributed by atoms with Crippen LogP contribution in [0.2, 0.25) is 0 Å². The monoisotopic (exact) mass is 264 g/mol. The summed E-state index contributed by atoms with van der Waals surface area (Å²) in [6, 6.07) is 0.0808. The molecule has 0 radical (unpaired) electrons. The average molecular weight is 264 g/mol. The second kappa shape index (κ2) is 5.21. The number of aromatic nitrogens is 3. The van der Waals surface area contributed by atoms with Gasteiger partial charge in [-0.25, -0.2) is 4.98 Å². The molecule has 0 aliphatic rings. The first-order valence-electron chi connectivity index (χ1n) is 6.13. The average Bonchev–Trinajstić information content (AvgIpc) is 2.75. The lowest BCUT2D eigenvalue weighted by molar-refractivity contribution is -0.122. The number of nitrogens with one attached hydrogen (secondary N) is 1. The summed E-state index contributed by atoms with van der Waals surface area (Å²) in [6.45, 7) is 5.49. The van der Waals surface area contributed by atoms with Crippen molar-refractivity contribution in [2.45, 2.75) is 39.8 Å². The van der Waals surface area contributed by atoms with Crippen molar-refractivity contribution in [1.29, 1.82) is 0 Å². The molecule has 7 heteroatoms. The number of aryl methyl sites for hydroxylation is 1. The number of rotatable bonds is 4. The van der Waals surface area contributed by atoms with Gasteiger partial charge in [0.05, 0.1) is 5.69 Å². The fourth-order valence-corrected chi connectivity index (χ4v) is 1.70. The predicted molar refractivity (Wildman–Crippen MR) is 68.7 cm³/mol. The SMILES string of the molecule is CC[C@H](C)NC(=O)Cn1cnc2onc(C)c2c1=O. The third kappa shape index (κ3) is 2.64. The Bertz CT molecular complexity index is 659. The van der Waals surface area contributed by atoms with Gasteiger partial charge in [0.2, 0.25) is 5.91 Å². The summed E-state index contributed by atoms with van der Waals surface area (Å²) in [5, 5.41) is 6.80. The van der Waals surface area contributed by atoms with Crippen LogP contribution in [0.25, 0.3) is 11.1 Å². The Morgan fingerprint density at radius 3 is 3.00 bits per heavy atom.